The van der Waals surface area contributed by atoms with Gasteiger partial charge in [0.1, 0.15) is 17.7 Å². The van der Waals surface area contributed by atoms with Crippen LogP contribution < -0.4 is 0 Å². The number of allylic oxidation sites excluding steroid dienone is 1. The van der Waals surface area contributed by atoms with Crippen LogP contribution in [0.25, 0.3) is 6.08 Å². The van der Waals surface area contributed by atoms with Crippen molar-refractivity contribution < 1.29 is 0 Å². The van der Waals surface area contributed by atoms with E-state index in [-0.39, 0.29) is 5.57 Å². The number of nitriles is 2. The summed E-state index contributed by atoms with van der Waals surface area (Å²) < 4.78 is 1.61. The maximum Gasteiger partial charge on any atom is 0.131 e. The highest BCUT2D eigenvalue weighted by atomic mass is 15.2. The first-order valence-electron chi connectivity index (χ1n) is 3.28. The predicted octanol–water partition coefficient (Wildman–Crippen LogP) is 0.851. The molecule has 0 atom stereocenters. The third-order valence-electron chi connectivity index (χ3n) is 1.27. The molecule has 4 nitrogen and oxygen atoms in total. The molecule has 0 saturated heterocycles. The van der Waals surface area contributed by atoms with Gasteiger partial charge in [0.2, 0.25) is 0 Å². The van der Waals surface area contributed by atoms with Crippen LogP contribution in [0.3, 0.4) is 0 Å². The smallest absolute Gasteiger partial charge is 0.131 e. The molecule has 0 aliphatic heterocycles. The van der Waals surface area contributed by atoms with Crippen LogP contribution in [0.2, 0.25) is 0 Å². The zero-order chi connectivity index (χ0) is 8.97. The minimum absolute atomic E-state index is 0.0636. The number of hydrogen-bond donors (Lipinski definition) is 0. The van der Waals surface area contributed by atoms with Gasteiger partial charge in [-0.05, 0) is 12.1 Å². The second-order valence-electron chi connectivity index (χ2n) is 2.20. The maximum atomic E-state index is 8.42. The lowest BCUT2D eigenvalue weighted by molar-refractivity contribution is 0.764. The molecule has 1 aromatic heterocycles. The molecule has 1 aromatic rings. The summed E-state index contributed by atoms with van der Waals surface area (Å²) in [5.41, 5.74) is 0.685. The molecule has 0 spiro atoms. The Morgan fingerprint density at radius 3 is 2.67 bits per heavy atom. The largest absolute Gasteiger partial charge is 0.275 e. The molecule has 0 fully saturated rings. The summed E-state index contributed by atoms with van der Waals surface area (Å²) in [5.74, 6) is 0. The van der Waals surface area contributed by atoms with Crippen LogP contribution in [0, 0.1) is 22.7 Å². The number of aryl methyl sites for hydroxylation is 1. The molecule has 0 saturated carbocycles. The van der Waals surface area contributed by atoms with Gasteiger partial charge in [0.05, 0.1) is 5.69 Å². The van der Waals surface area contributed by atoms with Crippen LogP contribution >= 0.6 is 0 Å². The Kier molecular flexibility index (Phi) is 2.25. The molecular weight excluding hydrogens is 152 g/mol. The number of hydrogen-bond acceptors (Lipinski definition) is 3. The molecule has 0 aromatic carbocycles. The molecule has 58 valence electrons. The Bertz CT molecular complexity index is 370. The van der Waals surface area contributed by atoms with Crippen molar-refractivity contribution in [2.45, 2.75) is 0 Å². The Labute approximate surface area is 70.0 Å². The molecule has 0 aliphatic rings. The zero-order valence-corrected chi connectivity index (χ0v) is 6.52. The van der Waals surface area contributed by atoms with E-state index in [0.29, 0.717) is 5.69 Å². The van der Waals surface area contributed by atoms with Gasteiger partial charge >= 0.3 is 0 Å². The van der Waals surface area contributed by atoms with Gasteiger partial charge in [0.25, 0.3) is 0 Å². The SMILES string of the molecule is Cn1ccc(C=C(C#N)C#N)n1. The van der Waals surface area contributed by atoms with Crippen molar-refractivity contribution >= 4 is 6.08 Å². The van der Waals surface area contributed by atoms with Crippen LogP contribution in [0.15, 0.2) is 17.8 Å². The van der Waals surface area contributed by atoms with Gasteiger partial charge in [-0.3, -0.25) is 4.68 Å². The monoisotopic (exact) mass is 158 g/mol. The van der Waals surface area contributed by atoms with E-state index < -0.39 is 0 Å². The molecule has 0 aliphatic carbocycles. The molecule has 0 amide bonds. The van der Waals surface area contributed by atoms with E-state index in [2.05, 4.69) is 5.10 Å². The van der Waals surface area contributed by atoms with Crippen LogP contribution in [0.5, 0.6) is 0 Å². The fourth-order valence-electron chi connectivity index (χ4n) is 0.747. The summed E-state index contributed by atoms with van der Waals surface area (Å²) in [6.45, 7) is 0. The van der Waals surface area contributed by atoms with E-state index in [1.54, 1.807) is 36.1 Å². The van der Waals surface area contributed by atoms with E-state index in [0.717, 1.165) is 0 Å². The Hall–Kier alpha value is -2.07. The van der Waals surface area contributed by atoms with E-state index >= 15 is 0 Å². The van der Waals surface area contributed by atoms with Gasteiger partial charge in [-0.2, -0.15) is 15.6 Å². The average Bonchev–Trinajstić information content (AvgIpc) is 2.47. The maximum absolute atomic E-state index is 8.42. The lowest BCUT2D eigenvalue weighted by atomic mass is 10.2. The minimum atomic E-state index is 0.0636. The van der Waals surface area contributed by atoms with Gasteiger partial charge in [-0.15, -0.1) is 0 Å². The van der Waals surface area contributed by atoms with Gasteiger partial charge in [-0.25, -0.2) is 0 Å². The van der Waals surface area contributed by atoms with Gasteiger partial charge < -0.3 is 0 Å². The van der Waals surface area contributed by atoms with Crippen molar-refractivity contribution in [2.24, 2.45) is 7.05 Å². The average molecular weight is 158 g/mol. The van der Waals surface area contributed by atoms with Crippen molar-refractivity contribution in [1.29, 1.82) is 10.5 Å². The number of aromatic nitrogens is 2. The van der Waals surface area contributed by atoms with Crippen molar-refractivity contribution in [3.63, 3.8) is 0 Å². The second kappa shape index (κ2) is 3.36. The summed E-state index contributed by atoms with van der Waals surface area (Å²) in [6, 6.07) is 5.25. The van der Waals surface area contributed by atoms with Crippen molar-refractivity contribution in [3.8, 4) is 12.1 Å². The standard InChI is InChI=1S/C8H6N4/c1-12-3-2-8(11-12)4-7(5-9)6-10/h2-4H,1H3. The predicted molar refractivity (Wildman–Crippen MR) is 42.4 cm³/mol. The highest BCUT2D eigenvalue weighted by Gasteiger charge is 1.95. The van der Waals surface area contributed by atoms with E-state index in [4.69, 9.17) is 10.5 Å². The van der Waals surface area contributed by atoms with Gasteiger partial charge in [0, 0.05) is 13.2 Å². The normalized spacial score (nSPS) is 8.25. The van der Waals surface area contributed by atoms with E-state index in [1.807, 2.05) is 0 Å². The van der Waals surface area contributed by atoms with Gasteiger partial charge in [0.15, 0.2) is 0 Å². The number of rotatable bonds is 1. The summed E-state index contributed by atoms with van der Waals surface area (Å²) >= 11 is 0. The van der Waals surface area contributed by atoms with Gasteiger partial charge in [-0.1, -0.05) is 0 Å². The molecule has 0 bridgehead atoms. The second-order valence-corrected chi connectivity index (χ2v) is 2.20. The van der Waals surface area contributed by atoms with Crippen molar-refractivity contribution in [1.82, 2.24) is 9.78 Å². The fourth-order valence-corrected chi connectivity index (χ4v) is 0.747. The topological polar surface area (TPSA) is 65.4 Å². The molecule has 0 unspecified atom stereocenters. The molecule has 4 heteroatoms. The quantitative estimate of drug-likeness (QED) is 0.569. The third kappa shape index (κ3) is 1.71. The summed E-state index contributed by atoms with van der Waals surface area (Å²) in [7, 11) is 1.77. The highest BCUT2D eigenvalue weighted by Crippen LogP contribution is 2.01. The minimum Gasteiger partial charge on any atom is -0.275 e. The van der Waals surface area contributed by atoms with Crippen molar-refractivity contribution in [3.05, 3.63) is 23.5 Å². The van der Waals surface area contributed by atoms with Crippen LogP contribution in [0.1, 0.15) is 5.69 Å². The first-order valence-corrected chi connectivity index (χ1v) is 3.28. The summed E-state index contributed by atoms with van der Waals surface area (Å²) in [5, 5.41) is 20.8. The highest BCUT2D eigenvalue weighted by molar-refractivity contribution is 5.59. The zero-order valence-electron chi connectivity index (χ0n) is 6.52. The van der Waals surface area contributed by atoms with Crippen LogP contribution in [-0.4, -0.2) is 9.78 Å². The Morgan fingerprint density at radius 1 is 1.58 bits per heavy atom. The van der Waals surface area contributed by atoms with E-state index in [1.165, 1.54) is 6.08 Å². The van der Waals surface area contributed by atoms with Crippen LogP contribution in [0.4, 0.5) is 0 Å². The summed E-state index contributed by atoms with van der Waals surface area (Å²) in [6.07, 6.45) is 3.19. The first kappa shape index (κ1) is 8.03. The lowest BCUT2D eigenvalue weighted by Gasteiger charge is -1.83. The van der Waals surface area contributed by atoms with Crippen molar-refractivity contribution in [2.75, 3.05) is 0 Å². The fraction of sp³-hybridized carbons (Fsp3) is 0.125. The first-order chi connectivity index (χ1) is 5.76. The van der Waals surface area contributed by atoms with E-state index in [9.17, 15) is 0 Å². The number of nitrogens with zero attached hydrogens (tertiary/aromatic N) is 4. The molecular formula is C8H6N4. The molecule has 1 heterocycles. The lowest BCUT2D eigenvalue weighted by Crippen LogP contribution is -1.87. The van der Waals surface area contributed by atoms with Crippen LogP contribution in [-0.2, 0) is 7.05 Å². The molecule has 0 N–H and O–H groups in total. The molecule has 12 heavy (non-hydrogen) atoms. The Balaban J connectivity index is 2.97. The molecule has 1 rings (SSSR count). The summed E-state index contributed by atoms with van der Waals surface area (Å²) in [4.78, 5) is 0. The Morgan fingerprint density at radius 2 is 2.25 bits per heavy atom. The molecule has 0 radical (unpaired) electrons. The third-order valence-corrected chi connectivity index (χ3v) is 1.27.